The molecule has 0 heterocycles. The molecule has 3 saturated carbocycles. The fourth-order valence-electron chi connectivity index (χ4n) is 1.19. The molecule has 6 heavy (non-hydrogen) atoms. The van der Waals surface area contributed by atoms with E-state index in [9.17, 15) is 0 Å². The Morgan fingerprint density at radius 2 is 1.67 bits per heavy atom. The first-order valence-electron chi connectivity index (χ1n) is 2.31. The van der Waals surface area contributed by atoms with Crippen LogP contribution < -0.4 is 0 Å². The first-order valence-corrected chi connectivity index (χ1v) is 3.10. The second-order valence-electron chi connectivity index (χ2n) is 2.43. The van der Waals surface area contributed by atoms with Gasteiger partial charge in [0.15, 0.2) is 0 Å². The van der Waals surface area contributed by atoms with Crippen LogP contribution in [0.3, 0.4) is 0 Å². The second-order valence-corrected chi connectivity index (χ2v) is 4.11. The van der Waals surface area contributed by atoms with E-state index in [4.69, 9.17) is 0 Å². The molecule has 0 unspecified atom stereocenters. The summed E-state index contributed by atoms with van der Waals surface area (Å²) < 4.78 is 0.641. The summed E-state index contributed by atoms with van der Waals surface area (Å²) in [4.78, 5) is 0. The van der Waals surface area contributed by atoms with Crippen molar-refractivity contribution in [1.82, 2.24) is 0 Å². The molecule has 1 heteroatoms. The molecule has 3 fully saturated rings. The van der Waals surface area contributed by atoms with Crippen LogP contribution in [0, 0.1) is 5.92 Å². The molecule has 33 valence electrons. The summed E-state index contributed by atoms with van der Waals surface area (Å²) in [6, 6.07) is 0. The lowest BCUT2D eigenvalue weighted by atomic mass is 9.56. The average molecular weight is 146 g/mol. The lowest BCUT2D eigenvalue weighted by Crippen LogP contribution is -2.51. The van der Waals surface area contributed by atoms with Crippen LogP contribution in [-0.2, 0) is 0 Å². The van der Waals surface area contributed by atoms with Crippen LogP contribution in [0.15, 0.2) is 0 Å². The highest BCUT2D eigenvalue weighted by atomic mass is 79.9. The highest BCUT2D eigenvalue weighted by molar-refractivity contribution is 9.10. The van der Waals surface area contributed by atoms with E-state index < -0.39 is 0 Å². The van der Waals surface area contributed by atoms with E-state index in [1.807, 2.05) is 0 Å². The Labute approximate surface area is 46.1 Å². The van der Waals surface area contributed by atoms with Gasteiger partial charge in [-0.25, -0.2) is 0 Å². The normalized spacial score (nSPS) is 37.5. The molecule has 1 radical (unpaired) electrons. The molecule has 0 nitrogen and oxygen atoms in total. The summed E-state index contributed by atoms with van der Waals surface area (Å²) in [5.41, 5.74) is 0. The van der Waals surface area contributed by atoms with Gasteiger partial charge < -0.3 is 0 Å². The molecule has 0 amide bonds. The fourth-order valence-corrected chi connectivity index (χ4v) is 2.38. The molecule has 0 aromatic carbocycles. The molecule has 0 N–H and O–H groups in total. The molecule has 0 spiro atoms. The molecule has 3 rings (SSSR count). The predicted molar refractivity (Wildman–Crippen MR) is 28.8 cm³/mol. The van der Waals surface area contributed by atoms with E-state index in [0.29, 0.717) is 4.32 Å². The van der Waals surface area contributed by atoms with E-state index in [-0.39, 0.29) is 0 Å². The molecule has 0 aromatic heterocycles. The Hall–Kier alpha value is 0.480. The third-order valence-corrected chi connectivity index (χ3v) is 2.54. The first kappa shape index (κ1) is 3.48. The number of hydrogen-bond acceptors (Lipinski definition) is 0. The third-order valence-electron chi connectivity index (χ3n) is 1.70. The summed E-state index contributed by atoms with van der Waals surface area (Å²) in [5.74, 6) is 1.77. The molecule has 2 bridgehead atoms. The van der Waals surface area contributed by atoms with Gasteiger partial charge in [0.1, 0.15) is 0 Å². The van der Waals surface area contributed by atoms with Crippen LogP contribution in [-0.4, -0.2) is 4.32 Å². The van der Waals surface area contributed by atoms with Gasteiger partial charge in [0.05, 0.1) is 0 Å². The first-order chi connectivity index (χ1) is 2.79. The monoisotopic (exact) mass is 145 g/mol. The van der Waals surface area contributed by atoms with Crippen LogP contribution >= 0.6 is 15.9 Å². The highest BCUT2D eigenvalue weighted by Crippen LogP contribution is 2.64. The van der Waals surface area contributed by atoms with Gasteiger partial charge in [0.25, 0.3) is 0 Å². The second kappa shape index (κ2) is 0.706. The van der Waals surface area contributed by atoms with Gasteiger partial charge in [-0.05, 0) is 25.2 Å². The zero-order chi connectivity index (χ0) is 4.20. The minimum atomic E-state index is 0.641. The lowest BCUT2D eigenvalue weighted by molar-refractivity contribution is 0.242. The van der Waals surface area contributed by atoms with Gasteiger partial charge in [-0.15, -0.1) is 0 Å². The zero-order valence-corrected chi connectivity index (χ0v) is 5.09. The van der Waals surface area contributed by atoms with Crippen molar-refractivity contribution in [1.29, 1.82) is 0 Å². The largest absolute Gasteiger partial charge is 0.0853 e. The maximum Gasteiger partial charge on any atom is 0.0274 e. The molecule has 3 aliphatic rings. The lowest BCUT2D eigenvalue weighted by Gasteiger charge is -2.57. The van der Waals surface area contributed by atoms with Crippen molar-refractivity contribution in [3.05, 3.63) is 5.92 Å². The topological polar surface area (TPSA) is 0 Å². The molecule has 0 aliphatic heterocycles. The maximum atomic E-state index is 3.61. The van der Waals surface area contributed by atoms with Crippen molar-refractivity contribution < 1.29 is 0 Å². The minimum absolute atomic E-state index is 0.641. The van der Waals surface area contributed by atoms with Crippen LogP contribution in [0.5, 0.6) is 0 Å². The van der Waals surface area contributed by atoms with Crippen molar-refractivity contribution in [3.8, 4) is 0 Å². The predicted octanol–water partition coefficient (Wildman–Crippen LogP) is 1.89. The highest BCUT2D eigenvalue weighted by Gasteiger charge is 2.55. The van der Waals surface area contributed by atoms with Gasteiger partial charge in [-0.3, -0.25) is 0 Å². The number of alkyl halides is 1. The van der Waals surface area contributed by atoms with Gasteiger partial charge in [0.2, 0.25) is 0 Å². The number of hydrogen-bond donors (Lipinski definition) is 0. The maximum absolute atomic E-state index is 3.61. The van der Waals surface area contributed by atoms with E-state index in [2.05, 4.69) is 15.9 Å². The van der Waals surface area contributed by atoms with Gasteiger partial charge in [-0.2, -0.15) is 0 Å². The average Bonchev–Trinajstić information content (AvgIpc) is 1.24. The van der Waals surface area contributed by atoms with E-state index in [1.165, 1.54) is 19.3 Å². The van der Waals surface area contributed by atoms with Crippen molar-refractivity contribution in [2.45, 2.75) is 23.6 Å². The van der Waals surface area contributed by atoms with Crippen LogP contribution in [0.25, 0.3) is 0 Å². The van der Waals surface area contributed by atoms with E-state index >= 15 is 0 Å². The third kappa shape index (κ3) is 0.226. The van der Waals surface area contributed by atoms with E-state index in [0.717, 1.165) is 0 Å². The van der Waals surface area contributed by atoms with Crippen LogP contribution in [0.2, 0.25) is 0 Å². The van der Waals surface area contributed by atoms with Gasteiger partial charge in [0, 0.05) is 4.32 Å². The Kier molecular flexibility index (Phi) is 0.409. The molecular formula is C5H6Br. The molecule has 0 aromatic rings. The number of halogens is 1. The summed E-state index contributed by atoms with van der Waals surface area (Å²) in [6.45, 7) is 0. The molecule has 0 saturated heterocycles. The Morgan fingerprint density at radius 1 is 1.33 bits per heavy atom. The molecular weight excluding hydrogens is 140 g/mol. The summed E-state index contributed by atoms with van der Waals surface area (Å²) in [7, 11) is 0. The fraction of sp³-hybridized carbons (Fsp3) is 0.800. The van der Waals surface area contributed by atoms with Crippen molar-refractivity contribution in [2.24, 2.45) is 0 Å². The minimum Gasteiger partial charge on any atom is -0.0853 e. The quantitative estimate of drug-likeness (QED) is 0.457. The standard InChI is InChI=1S/C5H6Br/c6-5-1-4(2-5)3-5/h1-3H2. The van der Waals surface area contributed by atoms with Crippen LogP contribution in [0.1, 0.15) is 19.3 Å². The van der Waals surface area contributed by atoms with Crippen molar-refractivity contribution in [2.75, 3.05) is 0 Å². The van der Waals surface area contributed by atoms with Crippen LogP contribution in [0.4, 0.5) is 0 Å². The van der Waals surface area contributed by atoms with Gasteiger partial charge >= 0.3 is 0 Å². The van der Waals surface area contributed by atoms with Gasteiger partial charge in [-0.1, -0.05) is 15.9 Å². The molecule has 3 aliphatic carbocycles. The van der Waals surface area contributed by atoms with E-state index in [1.54, 1.807) is 5.92 Å². The summed E-state index contributed by atoms with van der Waals surface area (Å²) in [6.07, 6.45) is 4.15. The smallest absolute Gasteiger partial charge is 0.0274 e. The Morgan fingerprint density at radius 3 is 1.67 bits per heavy atom. The number of rotatable bonds is 0. The Bertz CT molecular complexity index is 70.9. The van der Waals surface area contributed by atoms with Crippen molar-refractivity contribution in [3.63, 3.8) is 0 Å². The summed E-state index contributed by atoms with van der Waals surface area (Å²) in [5, 5.41) is 0. The Balaban J connectivity index is 2.19. The summed E-state index contributed by atoms with van der Waals surface area (Å²) >= 11 is 3.61. The molecule has 0 atom stereocenters. The SMILES string of the molecule is BrC12C[C](C1)C2. The zero-order valence-electron chi connectivity index (χ0n) is 3.50. The van der Waals surface area contributed by atoms with Crippen molar-refractivity contribution >= 4 is 15.9 Å².